The number of anilines is 2. The van der Waals surface area contributed by atoms with Crippen molar-refractivity contribution < 1.29 is 4.74 Å². The number of para-hydroxylation sites is 2. The number of aromatic nitrogens is 1. The zero-order valence-electron chi connectivity index (χ0n) is 13.4. The molecule has 0 unspecified atom stereocenters. The normalized spacial score (nSPS) is 10.5. The Hall–Kier alpha value is -2.33. The van der Waals surface area contributed by atoms with E-state index >= 15 is 0 Å². The molecule has 0 aliphatic carbocycles. The molecule has 0 saturated carbocycles. The summed E-state index contributed by atoms with van der Waals surface area (Å²) in [5.41, 5.74) is 3.18. The van der Waals surface area contributed by atoms with Gasteiger partial charge in [-0.15, -0.1) is 11.3 Å². The summed E-state index contributed by atoms with van der Waals surface area (Å²) in [5.74, 6) is 0.820. The lowest BCUT2D eigenvalue weighted by molar-refractivity contribution is 0.417. The number of aryl methyl sites for hydroxylation is 1. The van der Waals surface area contributed by atoms with E-state index in [-0.39, 0.29) is 0 Å². The van der Waals surface area contributed by atoms with Crippen molar-refractivity contribution in [3.63, 3.8) is 0 Å². The minimum atomic E-state index is 0.820. The van der Waals surface area contributed by atoms with E-state index < -0.39 is 0 Å². The highest BCUT2D eigenvalue weighted by molar-refractivity contribution is 7.16. The Labute approximate surface area is 141 Å². The van der Waals surface area contributed by atoms with Gasteiger partial charge in [-0.05, 0) is 18.6 Å². The molecule has 1 N–H and O–H groups in total. The topological polar surface area (TPSA) is 34.1 Å². The van der Waals surface area contributed by atoms with Crippen molar-refractivity contribution in [3.05, 3.63) is 59.5 Å². The first-order valence-corrected chi connectivity index (χ1v) is 8.58. The van der Waals surface area contributed by atoms with Crippen LogP contribution in [0.1, 0.15) is 18.2 Å². The molecule has 1 heterocycles. The number of ether oxygens (including phenoxy) is 1. The molecule has 0 atom stereocenters. The van der Waals surface area contributed by atoms with Gasteiger partial charge in [-0.1, -0.05) is 55.8 Å². The monoisotopic (exact) mass is 324 g/mol. The molecule has 0 spiro atoms. The predicted octanol–water partition coefficient (Wildman–Crippen LogP) is 5.51. The third kappa shape index (κ3) is 3.54. The predicted molar refractivity (Wildman–Crippen MR) is 97.8 cm³/mol. The van der Waals surface area contributed by atoms with Crippen LogP contribution in [0.3, 0.4) is 0 Å². The first-order chi connectivity index (χ1) is 11.3. The number of nitrogens with one attached hydrogen (secondary N) is 1. The first-order valence-electron chi connectivity index (χ1n) is 7.77. The number of hydrogen-bond donors (Lipinski definition) is 1. The third-order valence-corrected chi connectivity index (χ3v) is 4.60. The third-order valence-electron chi connectivity index (χ3n) is 3.57. The molecule has 0 fully saturated rings. The highest BCUT2D eigenvalue weighted by atomic mass is 32.1. The van der Waals surface area contributed by atoms with E-state index in [9.17, 15) is 0 Å². The fraction of sp³-hybridized carbons (Fsp3) is 0.211. The number of rotatable bonds is 6. The molecular weight excluding hydrogens is 304 g/mol. The van der Waals surface area contributed by atoms with E-state index in [1.165, 1.54) is 10.4 Å². The molecule has 0 bridgehead atoms. The van der Waals surface area contributed by atoms with Crippen molar-refractivity contribution in [1.29, 1.82) is 0 Å². The van der Waals surface area contributed by atoms with Crippen LogP contribution in [0, 0.1) is 0 Å². The van der Waals surface area contributed by atoms with E-state index in [1.54, 1.807) is 18.4 Å². The minimum absolute atomic E-state index is 0.820. The zero-order chi connectivity index (χ0) is 16.1. The lowest BCUT2D eigenvalue weighted by Crippen LogP contribution is -1.93. The Bertz CT molecular complexity index is 768. The molecule has 0 amide bonds. The van der Waals surface area contributed by atoms with Gasteiger partial charge in [-0.25, -0.2) is 4.98 Å². The summed E-state index contributed by atoms with van der Waals surface area (Å²) in [6.07, 6.45) is 2.14. The molecular formula is C19H20N2OS. The Morgan fingerprint density at radius 2 is 1.78 bits per heavy atom. The van der Waals surface area contributed by atoms with Crippen LogP contribution in [0.5, 0.6) is 5.75 Å². The van der Waals surface area contributed by atoms with Gasteiger partial charge in [-0.2, -0.15) is 0 Å². The van der Waals surface area contributed by atoms with Crippen LogP contribution in [0.4, 0.5) is 10.8 Å². The number of nitrogens with zero attached hydrogens (tertiary/aromatic N) is 1. The lowest BCUT2D eigenvalue weighted by atomic mass is 10.1. The molecule has 3 aromatic rings. The van der Waals surface area contributed by atoms with Gasteiger partial charge < -0.3 is 10.1 Å². The Balaban J connectivity index is 1.95. The lowest BCUT2D eigenvalue weighted by Gasteiger charge is -2.08. The average molecular weight is 324 g/mol. The fourth-order valence-electron chi connectivity index (χ4n) is 2.49. The summed E-state index contributed by atoms with van der Waals surface area (Å²) < 4.78 is 5.40. The Morgan fingerprint density at radius 1 is 1.04 bits per heavy atom. The van der Waals surface area contributed by atoms with Gasteiger partial charge in [0.1, 0.15) is 5.75 Å². The van der Waals surface area contributed by atoms with E-state index in [1.807, 2.05) is 30.3 Å². The molecule has 0 saturated heterocycles. The fourth-order valence-corrected chi connectivity index (χ4v) is 3.58. The van der Waals surface area contributed by atoms with Gasteiger partial charge in [0, 0.05) is 10.4 Å². The molecule has 3 nitrogen and oxygen atoms in total. The summed E-state index contributed by atoms with van der Waals surface area (Å²) >= 11 is 1.72. The number of methoxy groups -OCH3 is 1. The van der Waals surface area contributed by atoms with Gasteiger partial charge in [0.2, 0.25) is 0 Å². The van der Waals surface area contributed by atoms with Gasteiger partial charge in [0.15, 0.2) is 5.13 Å². The van der Waals surface area contributed by atoms with Gasteiger partial charge >= 0.3 is 0 Å². The molecule has 0 aliphatic rings. The van der Waals surface area contributed by atoms with Gasteiger partial charge in [-0.3, -0.25) is 0 Å². The second-order valence-electron chi connectivity index (χ2n) is 5.23. The highest BCUT2D eigenvalue weighted by Gasteiger charge is 2.13. The van der Waals surface area contributed by atoms with Crippen LogP contribution in [-0.2, 0) is 6.42 Å². The van der Waals surface area contributed by atoms with Crippen LogP contribution in [0.2, 0.25) is 0 Å². The van der Waals surface area contributed by atoms with Crippen LogP contribution in [-0.4, -0.2) is 12.1 Å². The van der Waals surface area contributed by atoms with Crippen molar-refractivity contribution in [3.8, 4) is 17.0 Å². The molecule has 118 valence electrons. The molecule has 0 aliphatic heterocycles. The van der Waals surface area contributed by atoms with Crippen molar-refractivity contribution in [2.24, 2.45) is 0 Å². The second-order valence-corrected chi connectivity index (χ2v) is 6.32. The largest absolute Gasteiger partial charge is 0.495 e. The van der Waals surface area contributed by atoms with E-state index in [2.05, 4.69) is 36.5 Å². The Morgan fingerprint density at radius 3 is 2.52 bits per heavy atom. The van der Waals surface area contributed by atoms with Gasteiger partial charge in [0.25, 0.3) is 0 Å². The SMILES string of the molecule is CCCc1sc(Nc2ccccc2OC)nc1-c1ccccc1. The molecule has 4 heteroatoms. The van der Waals surface area contributed by atoms with Crippen LogP contribution in [0.15, 0.2) is 54.6 Å². The standard InChI is InChI=1S/C19H20N2OS/c1-3-9-17-18(14-10-5-4-6-11-14)21-19(23-17)20-15-12-7-8-13-16(15)22-2/h4-8,10-13H,3,9H2,1-2H3,(H,20,21). The quantitative estimate of drug-likeness (QED) is 0.648. The summed E-state index contributed by atoms with van der Waals surface area (Å²) in [7, 11) is 1.68. The van der Waals surface area contributed by atoms with Crippen molar-refractivity contribution in [2.45, 2.75) is 19.8 Å². The maximum absolute atomic E-state index is 5.40. The van der Waals surface area contributed by atoms with Crippen molar-refractivity contribution in [1.82, 2.24) is 4.98 Å². The maximum atomic E-state index is 5.40. The first kappa shape index (κ1) is 15.6. The minimum Gasteiger partial charge on any atom is -0.495 e. The van der Waals surface area contributed by atoms with E-state index in [4.69, 9.17) is 9.72 Å². The number of hydrogen-bond acceptors (Lipinski definition) is 4. The number of benzene rings is 2. The van der Waals surface area contributed by atoms with E-state index in [0.29, 0.717) is 0 Å². The second kappa shape index (κ2) is 7.29. The molecule has 2 aromatic carbocycles. The van der Waals surface area contributed by atoms with Crippen LogP contribution >= 0.6 is 11.3 Å². The molecule has 3 rings (SSSR count). The molecule has 23 heavy (non-hydrogen) atoms. The Kier molecular flexibility index (Phi) is 4.93. The van der Waals surface area contributed by atoms with E-state index in [0.717, 1.165) is 35.1 Å². The van der Waals surface area contributed by atoms with Crippen molar-refractivity contribution in [2.75, 3.05) is 12.4 Å². The number of thiazole rings is 1. The molecule has 0 radical (unpaired) electrons. The van der Waals surface area contributed by atoms with Gasteiger partial charge in [0.05, 0.1) is 18.5 Å². The smallest absolute Gasteiger partial charge is 0.188 e. The van der Waals surface area contributed by atoms with Crippen LogP contribution in [0.25, 0.3) is 11.3 Å². The summed E-state index contributed by atoms with van der Waals surface area (Å²) in [6, 6.07) is 18.3. The molecule has 1 aromatic heterocycles. The van der Waals surface area contributed by atoms with Crippen LogP contribution < -0.4 is 10.1 Å². The maximum Gasteiger partial charge on any atom is 0.188 e. The average Bonchev–Trinajstić information content (AvgIpc) is 2.99. The van der Waals surface area contributed by atoms with Crippen molar-refractivity contribution >= 4 is 22.2 Å². The summed E-state index contributed by atoms with van der Waals surface area (Å²) in [6.45, 7) is 2.20. The summed E-state index contributed by atoms with van der Waals surface area (Å²) in [5, 5.41) is 4.29. The summed E-state index contributed by atoms with van der Waals surface area (Å²) in [4.78, 5) is 6.14. The zero-order valence-corrected chi connectivity index (χ0v) is 14.2. The highest BCUT2D eigenvalue weighted by Crippen LogP contribution is 2.35.